The Labute approximate surface area is 119 Å². The van der Waals surface area contributed by atoms with Crippen LogP contribution in [-0.4, -0.2) is 15.7 Å². The number of carbonyl (C=O) groups excluding carboxylic acids is 1. The minimum absolute atomic E-state index is 0.0218. The van der Waals surface area contributed by atoms with Crippen molar-refractivity contribution in [2.75, 3.05) is 5.32 Å². The summed E-state index contributed by atoms with van der Waals surface area (Å²) < 4.78 is 1.46. The lowest BCUT2D eigenvalue weighted by Gasteiger charge is -2.19. The topological polar surface area (TPSA) is 64.0 Å². The summed E-state index contributed by atoms with van der Waals surface area (Å²) in [5.74, 6) is 0.281. The number of rotatable bonds is 3. The molecule has 1 aliphatic carbocycles. The number of amides is 1. The van der Waals surface area contributed by atoms with Crippen molar-refractivity contribution >= 4 is 11.6 Å². The van der Waals surface area contributed by atoms with Gasteiger partial charge in [0.2, 0.25) is 5.91 Å². The van der Waals surface area contributed by atoms with Crippen molar-refractivity contribution in [2.45, 2.75) is 59.4 Å². The molecule has 0 bridgehead atoms. The van der Waals surface area contributed by atoms with E-state index in [1.54, 1.807) is 6.07 Å². The maximum atomic E-state index is 12.4. The van der Waals surface area contributed by atoms with Gasteiger partial charge in [0, 0.05) is 11.3 Å². The second-order valence-corrected chi connectivity index (χ2v) is 6.80. The first-order valence-electron chi connectivity index (χ1n) is 7.15. The van der Waals surface area contributed by atoms with Gasteiger partial charge in [-0.15, -0.1) is 0 Å². The van der Waals surface area contributed by atoms with Crippen LogP contribution in [0, 0.1) is 5.41 Å². The van der Waals surface area contributed by atoms with Crippen molar-refractivity contribution in [3.63, 3.8) is 0 Å². The minimum atomic E-state index is -0.530. The van der Waals surface area contributed by atoms with Crippen LogP contribution in [0.3, 0.4) is 0 Å². The SMILES string of the molecule is CC(C)n1nc(C2CC2)cc(NC(=O)C(C)(C)C)c1=O. The molecule has 1 heterocycles. The van der Waals surface area contributed by atoms with Gasteiger partial charge in [0.25, 0.3) is 5.56 Å². The molecule has 110 valence electrons. The highest BCUT2D eigenvalue weighted by Crippen LogP contribution is 2.39. The highest BCUT2D eigenvalue weighted by Gasteiger charge is 2.28. The first-order valence-corrected chi connectivity index (χ1v) is 7.15. The first kappa shape index (κ1) is 14.8. The molecule has 0 unspecified atom stereocenters. The van der Waals surface area contributed by atoms with E-state index >= 15 is 0 Å². The Morgan fingerprint density at radius 2 is 2.00 bits per heavy atom. The van der Waals surface area contributed by atoms with Gasteiger partial charge in [0.1, 0.15) is 5.69 Å². The summed E-state index contributed by atoms with van der Waals surface area (Å²) in [5, 5.41) is 7.17. The summed E-state index contributed by atoms with van der Waals surface area (Å²) in [6.07, 6.45) is 2.21. The monoisotopic (exact) mass is 277 g/mol. The molecule has 1 saturated carbocycles. The first-order chi connectivity index (χ1) is 9.20. The highest BCUT2D eigenvalue weighted by atomic mass is 16.2. The van der Waals surface area contributed by atoms with E-state index in [4.69, 9.17) is 0 Å². The number of hydrogen-bond acceptors (Lipinski definition) is 3. The largest absolute Gasteiger partial charge is 0.321 e. The summed E-state index contributed by atoms with van der Waals surface area (Å²) in [5.41, 5.74) is 0.484. The van der Waals surface area contributed by atoms with E-state index in [9.17, 15) is 9.59 Å². The summed E-state index contributed by atoms with van der Waals surface area (Å²) in [4.78, 5) is 24.4. The molecule has 0 spiro atoms. The highest BCUT2D eigenvalue weighted by molar-refractivity contribution is 5.94. The third kappa shape index (κ3) is 3.08. The van der Waals surface area contributed by atoms with Crippen LogP contribution in [0.2, 0.25) is 0 Å². The summed E-state index contributed by atoms with van der Waals surface area (Å²) in [6, 6.07) is 1.72. The molecule has 5 nitrogen and oxygen atoms in total. The maximum absolute atomic E-state index is 12.4. The third-order valence-corrected chi connectivity index (χ3v) is 3.37. The number of carbonyl (C=O) groups is 1. The Hall–Kier alpha value is -1.65. The van der Waals surface area contributed by atoms with Gasteiger partial charge in [-0.2, -0.15) is 5.10 Å². The summed E-state index contributed by atoms with van der Waals surface area (Å²) >= 11 is 0. The Morgan fingerprint density at radius 3 is 2.45 bits per heavy atom. The second-order valence-electron chi connectivity index (χ2n) is 6.80. The van der Waals surface area contributed by atoms with Gasteiger partial charge in [0.15, 0.2) is 0 Å². The molecule has 1 aromatic heterocycles. The number of aromatic nitrogens is 2. The van der Waals surface area contributed by atoms with Gasteiger partial charge < -0.3 is 5.32 Å². The average Bonchev–Trinajstić information content (AvgIpc) is 3.13. The summed E-state index contributed by atoms with van der Waals surface area (Å²) in [6.45, 7) is 9.31. The molecule has 1 N–H and O–H groups in total. The minimum Gasteiger partial charge on any atom is -0.321 e. The Bertz CT molecular complexity index is 578. The predicted octanol–water partition coefficient (Wildman–Crippen LogP) is 2.69. The molecular formula is C15H23N3O2. The molecule has 1 aromatic rings. The smallest absolute Gasteiger partial charge is 0.290 e. The zero-order chi connectivity index (χ0) is 15.1. The summed E-state index contributed by atoms with van der Waals surface area (Å²) in [7, 11) is 0. The number of nitrogens with zero attached hydrogens (tertiary/aromatic N) is 2. The zero-order valence-electron chi connectivity index (χ0n) is 12.9. The van der Waals surface area contributed by atoms with E-state index in [1.165, 1.54) is 4.68 Å². The van der Waals surface area contributed by atoms with Crippen molar-refractivity contribution in [3.05, 3.63) is 22.1 Å². The second kappa shape index (κ2) is 5.04. The van der Waals surface area contributed by atoms with E-state index in [0.717, 1.165) is 18.5 Å². The molecule has 1 amide bonds. The molecule has 0 saturated heterocycles. The lowest BCUT2D eigenvalue weighted by molar-refractivity contribution is -0.123. The van der Waals surface area contributed by atoms with Crippen molar-refractivity contribution in [2.24, 2.45) is 5.41 Å². The molecule has 1 fully saturated rings. The van der Waals surface area contributed by atoms with Crippen LogP contribution in [0.5, 0.6) is 0 Å². The number of nitrogens with one attached hydrogen (secondary N) is 1. The van der Waals surface area contributed by atoms with Gasteiger partial charge in [-0.1, -0.05) is 20.8 Å². The van der Waals surface area contributed by atoms with Gasteiger partial charge >= 0.3 is 0 Å². The zero-order valence-corrected chi connectivity index (χ0v) is 12.9. The van der Waals surface area contributed by atoms with Crippen molar-refractivity contribution in [1.29, 1.82) is 0 Å². The standard InChI is InChI=1S/C15H23N3O2/c1-9(2)18-13(19)12(16-14(20)15(3,4)5)8-11(17-18)10-6-7-10/h8-10H,6-7H2,1-5H3,(H,16,20). The quantitative estimate of drug-likeness (QED) is 0.923. The van der Waals surface area contributed by atoms with Crippen molar-refractivity contribution < 1.29 is 4.79 Å². The fourth-order valence-corrected chi connectivity index (χ4v) is 1.86. The predicted molar refractivity (Wildman–Crippen MR) is 78.9 cm³/mol. The van der Waals surface area contributed by atoms with Crippen LogP contribution in [-0.2, 0) is 4.79 Å². The third-order valence-electron chi connectivity index (χ3n) is 3.37. The van der Waals surface area contributed by atoms with Crippen molar-refractivity contribution in [3.8, 4) is 0 Å². The molecule has 1 aliphatic rings. The van der Waals surface area contributed by atoms with Gasteiger partial charge in [-0.3, -0.25) is 9.59 Å². The van der Waals surface area contributed by atoms with Crippen LogP contribution in [0.25, 0.3) is 0 Å². The molecule has 5 heteroatoms. The Kier molecular flexibility index (Phi) is 3.71. The molecule has 2 rings (SSSR count). The average molecular weight is 277 g/mol. The van der Waals surface area contributed by atoms with Gasteiger partial charge in [0.05, 0.1) is 11.7 Å². The van der Waals surface area contributed by atoms with Crippen LogP contribution in [0.15, 0.2) is 10.9 Å². The molecular weight excluding hydrogens is 254 g/mol. The fourth-order valence-electron chi connectivity index (χ4n) is 1.86. The van der Waals surface area contributed by atoms with Crippen LogP contribution in [0.1, 0.15) is 65.1 Å². The van der Waals surface area contributed by atoms with Gasteiger partial charge in [-0.25, -0.2) is 4.68 Å². The van der Waals surface area contributed by atoms with E-state index in [-0.39, 0.29) is 17.5 Å². The van der Waals surface area contributed by atoms with Crippen molar-refractivity contribution in [1.82, 2.24) is 9.78 Å². The van der Waals surface area contributed by atoms with Crippen LogP contribution < -0.4 is 10.9 Å². The molecule has 0 atom stereocenters. The lowest BCUT2D eigenvalue weighted by Crippen LogP contribution is -2.34. The van der Waals surface area contributed by atoms with Crippen LogP contribution >= 0.6 is 0 Å². The van der Waals surface area contributed by atoms with E-state index in [2.05, 4.69) is 10.4 Å². The van der Waals surface area contributed by atoms with E-state index in [1.807, 2.05) is 34.6 Å². The molecule has 20 heavy (non-hydrogen) atoms. The van der Waals surface area contributed by atoms with Gasteiger partial charge in [-0.05, 0) is 32.8 Å². The molecule has 0 aliphatic heterocycles. The van der Waals surface area contributed by atoms with Crippen LogP contribution in [0.4, 0.5) is 5.69 Å². The Morgan fingerprint density at radius 1 is 1.40 bits per heavy atom. The van der Waals surface area contributed by atoms with E-state index in [0.29, 0.717) is 11.6 Å². The lowest BCUT2D eigenvalue weighted by atomic mass is 9.95. The van der Waals surface area contributed by atoms with E-state index < -0.39 is 5.41 Å². The maximum Gasteiger partial charge on any atom is 0.290 e. The normalized spacial score (nSPS) is 15.5. The Balaban J connectivity index is 2.41. The molecule has 0 aromatic carbocycles. The molecule has 0 radical (unpaired) electrons. The number of hydrogen-bond donors (Lipinski definition) is 1. The fraction of sp³-hybridized carbons (Fsp3) is 0.667. The number of anilines is 1.